The van der Waals surface area contributed by atoms with Crippen LogP contribution in [0.4, 0.5) is 5.82 Å². The molecule has 0 unspecified atom stereocenters. The first-order valence-corrected chi connectivity index (χ1v) is 10.2. The van der Waals surface area contributed by atoms with E-state index >= 15 is 0 Å². The highest BCUT2D eigenvalue weighted by atomic mass is 79.9. The normalized spacial score (nSPS) is 16.0. The quantitative estimate of drug-likeness (QED) is 0.753. The molecule has 1 saturated heterocycles. The highest BCUT2D eigenvalue weighted by Gasteiger charge is 2.31. The zero-order valence-electron chi connectivity index (χ0n) is 14.1. The van der Waals surface area contributed by atoms with E-state index in [1.807, 2.05) is 25.1 Å². The molecule has 6 nitrogen and oxygen atoms in total. The van der Waals surface area contributed by atoms with E-state index in [4.69, 9.17) is 4.74 Å². The van der Waals surface area contributed by atoms with Crippen LogP contribution < -0.4 is 9.64 Å². The minimum absolute atomic E-state index is 0.193. The van der Waals surface area contributed by atoms with Crippen molar-refractivity contribution >= 4 is 31.8 Å². The van der Waals surface area contributed by atoms with Crippen molar-refractivity contribution < 1.29 is 13.2 Å². The number of methoxy groups -OCH3 is 1. The van der Waals surface area contributed by atoms with Gasteiger partial charge in [-0.1, -0.05) is 22.0 Å². The van der Waals surface area contributed by atoms with Crippen LogP contribution in [0.3, 0.4) is 0 Å². The predicted molar refractivity (Wildman–Crippen MR) is 101 cm³/mol. The summed E-state index contributed by atoms with van der Waals surface area (Å²) in [6.07, 6.45) is 1.74. The second-order valence-electron chi connectivity index (χ2n) is 5.83. The summed E-state index contributed by atoms with van der Waals surface area (Å²) >= 11 is 3.41. The van der Waals surface area contributed by atoms with E-state index in [1.165, 1.54) is 11.4 Å². The lowest BCUT2D eigenvalue weighted by molar-refractivity contribution is 0.373. The van der Waals surface area contributed by atoms with Gasteiger partial charge in [0.2, 0.25) is 10.0 Å². The predicted octanol–water partition coefficient (Wildman–Crippen LogP) is 2.67. The molecule has 0 radical (unpaired) electrons. The minimum atomic E-state index is -3.62. The molecular weight excluding hydrogens is 406 g/mol. The molecule has 0 atom stereocenters. The molecule has 1 aromatic carbocycles. The maximum Gasteiger partial charge on any atom is 0.246 e. The van der Waals surface area contributed by atoms with Crippen LogP contribution in [-0.2, 0) is 10.0 Å². The third kappa shape index (κ3) is 3.65. The van der Waals surface area contributed by atoms with Crippen LogP contribution in [0.25, 0.3) is 0 Å². The fourth-order valence-electron chi connectivity index (χ4n) is 2.84. The van der Waals surface area contributed by atoms with Gasteiger partial charge in [-0.05, 0) is 36.8 Å². The standard InChI is InChI=1S/C17H20BrN3O3S/c1-13-11-15(24-2)16(12-14(13)18)25(22,23)21-9-7-20(8-10-21)17-5-3-4-6-19-17/h3-6,11-12H,7-10H2,1-2H3. The largest absolute Gasteiger partial charge is 0.495 e. The first-order valence-electron chi connectivity index (χ1n) is 7.94. The lowest BCUT2D eigenvalue weighted by atomic mass is 10.2. The maximum absolute atomic E-state index is 13.1. The average Bonchev–Trinajstić information content (AvgIpc) is 2.64. The molecular formula is C17H20BrN3O3S. The fourth-order valence-corrected chi connectivity index (χ4v) is 4.92. The highest BCUT2D eigenvalue weighted by Crippen LogP contribution is 2.32. The van der Waals surface area contributed by atoms with Crippen LogP contribution in [-0.4, -0.2) is 51.0 Å². The molecule has 1 aliphatic rings. The second kappa shape index (κ2) is 7.31. The van der Waals surface area contributed by atoms with Crippen molar-refractivity contribution in [3.63, 3.8) is 0 Å². The van der Waals surface area contributed by atoms with E-state index in [0.29, 0.717) is 31.9 Å². The number of hydrogen-bond acceptors (Lipinski definition) is 5. The van der Waals surface area contributed by atoms with Gasteiger partial charge >= 0.3 is 0 Å². The Labute approximate surface area is 156 Å². The summed E-state index contributed by atoms with van der Waals surface area (Å²) in [5.74, 6) is 1.24. The van der Waals surface area contributed by atoms with Crippen LogP contribution in [0.1, 0.15) is 5.56 Å². The molecule has 0 aliphatic carbocycles. The number of aromatic nitrogens is 1. The van der Waals surface area contributed by atoms with Gasteiger partial charge in [-0.3, -0.25) is 0 Å². The number of ether oxygens (including phenoxy) is 1. The van der Waals surface area contributed by atoms with Crippen molar-refractivity contribution in [2.75, 3.05) is 38.2 Å². The number of nitrogens with zero attached hydrogens (tertiary/aromatic N) is 3. The Morgan fingerprint density at radius 1 is 1.16 bits per heavy atom. The van der Waals surface area contributed by atoms with E-state index in [1.54, 1.807) is 18.3 Å². The molecule has 1 fully saturated rings. The molecule has 0 amide bonds. The van der Waals surface area contributed by atoms with Crippen LogP contribution in [0, 0.1) is 6.92 Å². The van der Waals surface area contributed by atoms with Gasteiger partial charge in [-0.2, -0.15) is 4.31 Å². The zero-order chi connectivity index (χ0) is 18.0. The van der Waals surface area contributed by atoms with Crippen LogP contribution in [0.5, 0.6) is 5.75 Å². The van der Waals surface area contributed by atoms with Crippen molar-refractivity contribution in [2.45, 2.75) is 11.8 Å². The molecule has 25 heavy (non-hydrogen) atoms. The molecule has 1 aliphatic heterocycles. The molecule has 0 bridgehead atoms. The topological polar surface area (TPSA) is 62.7 Å². The lowest BCUT2D eigenvalue weighted by Gasteiger charge is -2.34. The highest BCUT2D eigenvalue weighted by molar-refractivity contribution is 9.10. The van der Waals surface area contributed by atoms with E-state index in [-0.39, 0.29) is 4.90 Å². The van der Waals surface area contributed by atoms with Gasteiger partial charge in [0.1, 0.15) is 16.5 Å². The number of aryl methyl sites for hydroxylation is 1. The lowest BCUT2D eigenvalue weighted by Crippen LogP contribution is -2.49. The maximum atomic E-state index is 13.1. The Bertz CT molecular complexity index is 851. The summed E-state index contributed by atoms with van der Waals surface area (Å²) in [6.45, 7) is 3.92. The summed E-state index contributed by atoms with van der Waals surface area (Å²) in [5.41, 5.74) is 0.927. The van der Waals surface area contributed by atoms with Gasteiger partial charge in [0.05, 0.1) is 7.11 Å². The molecule has 3 rings (SSSR count). The number of sulfonamides is 1. The number of halogens is 1. The van der Waals surface area contributed by atoms with E-state index in [0.717, 1.165) is 15.9 Å². The monoisotopic (exact) mass is 425 g/mol. The summed E-state index contributed by atoms with van der Waals surface area (Å²) in [4.78, 5) is 6.61. The van der Waals surface area contributed by atoms with Gasteiger partial charge in [0.25, 0.3) is 0 Å². The zero-order valence-corrected chi connectivity index (χ0v) is 16.5. The molecule has 134 valence electrons. The number of benzene rings is 1. The van der Waals surface area contributed by atoms with Gasteiger partial charge in [-0.15, -0.1) is 0 Å². The summed E-state index contributed by atoms with van der Waals surface area (Å²) < 4.78 is 33.7. The number of rotatable bonds is 4. The molecule has 0 saturated carbocycles. The molecule has 2 aromatic rings. The summed E-state index contributed by atoms with van der Waals surface area (Å²) in [6, 6.07) is 9.09. The number of hydrogen-bond donors (Lipinski definition) is 0. The first kappa shape index (κ1) is 18.2. The van der Waals surface area contributed by atoms with Gasteiger partial charge in [-0.25, -0.2) is 13.4 Å². The minimum Gasteiger partial charge on any atom is -0.495 e. The molecule has 1 aromatic heterocycles. The Morgan fingerprint density at radius 2 is 1.88 bits per heavy atom. The van der Waals surface area contributed by atoms with E-state index in [2.05, 4.69) is 25.8 Å². The molecule has 2 heterocycles. The number of piperazine rings is 1. The number of pyridine rings is 1. The van der Waals surface area contributed by atoms with Crippen molar-refractivity contribution in [1.82, 2.24) is 9.29 Å². The SMILES string of the molecule is COc1cc(C)c(Br)cc1S(=O)(=O)N1CCN(c2ccccn2)CC1. The Balaban J connectivity index is 1.82. The fraction of sp³-hybridized carbons (Fsp3) is 0.353. The van der Waals surface area contributed by atoms with Crippen LogP contribution in [0.2, 0.25) is 0 Å². The van der Waals surface area contributed by atoms with Crippen molar-refractivity contribution in [1.29, 1.82) is 0 Å². The third-order valence-electron chi connectivity index (χ3n) is 4.27. The third-order valence-corrected chi connectivity index (χ3v) is 7.05. The van der Waals surface area contributed by atoms with Gasteiger partial charge < -0.3 is 9.64 Å². The molecule has 0 spiro atoms. The van der Waals surface area contributed by atoms with Crippen molar-refractivity contribution in [3.8, 4) is 5.75 Å². The average molecular weight is 426 g/mol. The number of anilines is 1. The van der Waals surface area contributed by atoms with E-state index in [9.17, 15) is 8.42 Å². The Morgan fingerprint density at radius 3 is 2.48 bits per heavy atom. The first-order chi connectivity index (χ1) is 11.9. The Hall–Kier alpha value is -1.64. The smallest absolute Gasteiger partial charge is 0.246 e. The van der Waals surface area contributed by atoms with Gasteiger partial charge in [0, 0.05) is 36.8 Å². The summed E-state index contributed by atoms with van der Waals surface area (Å²) in [5, 5.41) is 0. The Kier molecular flexibility index (Phi) is 5.31. The van der Waals surface area contributed by atoms with Crippen molar-refractivity contribution in [3.05, 3.63) is 46.6 Å². The van der Waals surface area contributed by atoms with Crippen LogP contribution >= 0.6 is 15.9 Å². The van der Waals surface area contributed by atoms with Crippen LogP contribution in [0.15, 0.2) is 45.9 Å². The molecule has 0 N–H and O–H groups in total. The summed E-state index contributed by atoms with van der Waals surface area (Å²) in [7, 11) is -2.13. The van der Waals surface area contributed by atoms with Crippen molar-refractivity contribution in [2.24, 2.45) is 0 Å². The van der Waals surface area contributed by atoms with E-state index < -0.39 is 10.0 Å². The second-order valence-corrected chi connectivity index (χ2v) is 8.59. The van der Waals surface area contributed by atoms with Gasteiger partial charge in [0.15, 0.2) is 0 Å². The molecule has 8 heteroatoms.